The van der Waals surface area contributed by atoms with E-state index in [1.54, 1.807) is 12.1 Å². The zero-order valence-electron chi connectivity index (χ0n) is 16.2. The topological polar surface area (TPSA) is 88.0 Å². The lowest BCUT2D eigenvalue weighted by Gasteiger charge is -2.17. The Morgan fingerprint density at radius 1 is 0.968 bits per heavy atom. The molecule has 0 bridgehead atoms. The summed E-state index contributed by atoms with van der Waals surface area (Å²) >= 11 is 1.35. The average molecular weight is 427 g/mol. The highest BCUT2D eigenvalue weighted by Crippen LogP contribution is 2.30. The molecular weight excluding hydrogens is 410 g/mol. The molecule has 0 radical (unpaired) electrons. The predicted molar refractivity (Wildman–Crippen MR) is 121 cm³/mol. The maximum atomic E-state index is 13.2. The maximum absolute atomic E-state index is 13.2. The summed E-state index contributed by atoms with van der Waals surface area (Å²) < 4.78 is 5.13. The number of aromatic amines is 1. The van der Waals surface area contributed by atoms with Gasteiger partial charge in [0.15, 0.2) is 10.7 Å². The summed E-state index contributed by atoms with van der Waals surface area (Å²) in [5, 5.41) is 5.33. The minimum Gasteiger partial charge on any atom is -0.408 e. The number of hydrogen-bond donors (Lipinski definition) is 2. The summed E-state index contributed by atoms with van der Waals surface area (Å²) in [4.78, 5) is 31.8. The molecule has 0 atom stereocenters. The minimum absolute atomic E-state index is 0.148. The second kappa shape index (κ2) is 8.04. The van der Waals surface area contributed by atoms with Gasteiger partial charge in [0.25, 0.3) is 0 Å². The first-order valence-corrected chi connectivity index (χ1v) is 10.5. The maximum Gasteiger partial charge on any atom is 0.417 e. The molecule has 7 heteroatoms. The number of nitrogens with zero attached hydrogens (tertiary/aromatic N) is 1. The Morgan fingerprint density at radius 3 is 2.32 bits per heavy atom. The zero-order chi connectivity index (χ0) is 21.2. The first-order valence-electron chi connectivity index (χ1n) is 9.67. The van der Waals surface area contributed by atoms with E-state index in [4.69, 9.17) is 4.42 Å². The Labute approximate surface area is 181 Å². The molecule has 0 aliphatic heterocycles. The van der Waals surface area contributed by atoms with Gasteiger partial charge in [-0.3, -0.25) is 9.78 Å². The van der Waals surface area contributed by atoms with Crippen molar-refractivity contribution in [3.8, 4) is 11.3 Å². The van der Waals surface area contributed by atoms with Crippen LogP contribution in [0, 0.1) is 0 Å². The summed E-state index contributed by atoms with van der Waals surface area (Å²) in [6, 6.07) is 24.7. The Morgan fingerprint density at radius 2 is 1.65 bits per heavy atom. The van der Waals surface area contributed by atoms with Crippen LogP contribution < -0.4 is 11.1 Å². The molecule has 0 fully saturated rings. The molecule has 2 aromatic heterocycles. The number of nitrogens with one attached hydrogen (secondary N) is 2. The van der Waals surface area contributed by atoms with E-state index in [9.17, 15) is 9.59 Å². The van der Waals surface area contributed by atoms with E-state index < -0.39 is 11.7 Å². The minimum atomic E-state index is -0.494. The van der Waals surface area contributed by atoms with E-state index in [1.165, 1.54) is 11.3 Å². The molecule has 5 aromatic rings. The predicted octanol–water partition coefficient (Wildman–Crippen LogP) is 5.02. The van der Waals surface area contributed by atoms with Crippen molar-refractivity contribution in [2.24, 2.45) is 0 Å². The molecule has 3 aromatic carbocycles. The number of carbonyl (C=O) groups excluding carboxylic acids is 1. The van der Waals surface area contributed by atoms with E-state index in [2.05, 4.69) is 15.3 Å². The number of amides is 1. The average Bonchev–Trinajstić information content (AvgIpc) is 3.40. The number of oxazole rings is 1. The Bertz CT molecular complexity index is 1360. The molecule has 0 aliphatic rings. The van der Waals surface area contributed by atoms with Crippen molar-refractivity contribution in [2.75, 3.05) is 5.32 Å². The normalized spacial score (nSPS) is 11.1. The van der Waals surface area contributed by atoms with Gasteiger partial charge in [0.05, 0.1) is 17.1 Å². The summed E-state index contributed by atoms with van der Waals surface area (Å²) in [7, 11) is 0. The van der Waals surface area contributed by atoms with Gasteiger partial charge in [-0.15, -0.1) is 11.3 Å². The van der Waals surface area contributed by atoms with E-state index in [0.717, 1.165) is 16.7 Å². The molecule has 0 saturated heterocycles. The summed E-state index contributed by atoms with van der Waals surface area (Å²) in [6.45, 7) is 0. The highest BCUT2D eigenvalue weighted by Gasteiger charge is 2.23. The van der Waals surface area contributed by atoms with Gasteiger partial charge in [-0.05, 0) is 23.3 Å². The van der Waals surface area contributed by atoms with Crippen LogP contribution in [-0.4, -0.2) is 15.9 Å². The number of fused-ring (bicyclic) bond motifs is 1. The van der Waals surface area contributed by atoms with Crippen LogP contribution in [0.2, 0.25) is 0 Å². The number of H-pyrrole nitrogens is 1. The fraction of sp³-hybridized carbons (Fsp3) is 0.0417. The molecule has 0 spiro atoms. The number of hydrogen-bond acceptors (Lipinski definition) is 5. The first kappa shape index (κ1) is 19.0. The van der Waals surface area contributed by atoms with Crippen LogP contribution in [0.25, 0.3) is 22.4 Å². The van der Waals surface area contributed by atoms with Gasteiger partial charge in [0.2, 0.25) is 5.91 Å². The smallest absolute Gasteiger partial charge is 0.408 e. The van der Waals surface area contributed by atoms with Crippen LogP contribution in [0.5, 0.6) is 0 Å². The van der Waals surface area contributed by atoms with Crippen molar-refractivity contribution in [3.05, 3.63) is 106 Å². The van der Waals surface area contributed by atoms with Crippen LogP contribution in [0.15, 0.2) is 93.5 Å². The lowest BCUT2D eigenvalue weighted by atomic mass is 9.90. The van der Waals surface area contributed by atoms with Crippen molar-refractivity contribution in [1.82, 2.24) is 9.97 Å². The lowest BCUT2D eigenvalue weighted by Crippen LogP contribution is -2.22. The molecule has 2 heterocycles. The standard InChI is InChI=1S/C24H17N3O3S/c28-22(21(15-7-3-1-4-8-15)16-9-5-2-6-10-16)27-23-25-19(14-31-23)17-11-12-18-20(13-17)30-24(29)26-18/h1-14,21H,(H,26,29)(H,25,27,28). The van der Waals surface area contributed by atoms with Crippen molar-refractivity contribution in [1.29, 1.82) is 0 Å². The third-order valence-corrected chi connectivity index (χ3v) is 5.74. The van der Waals surface area contributed by atoms with Crippen molar-refractivity contribution >= 4 is 33.5 Å². The SMILES string of the molecule is O=C(Nc1nc(-c2ccc3[nH]c(=O)oc3c2)cs1)C(c1ccccc1)c1ccccc1. The second-order valence-electron chi connectivity index (χ2n) is 7.01. The van der Waals surface area contributed by atoms with E-state index in [1.807, 2.05) is 72.1 Å². The lowest BCUT2D eigenvalue weighted by molar-refractivity contribution is -0.116. The van der Waals surface area contributed by atoms with Crippen molar-refractivity contribution < 1.29 is 9.21 Å². The van der Waals surface area contributed by atoms with E-state index in [-0.39, 0.29) is 5.91 Å². The molecule has 0 unspecified atom stereocenters. The summed E-state index contributed by atoms with van der Waals surface area (Å²) in [6.07, 6.45) is 0. The van der Waals surface area contributed by atoms with Gasteiger partial charge < -0.3 is 9.73 Å². The monoisotopic (exact) mass is 427 g/mol. The van der Waals surface area contributed by atoms with Crippen molar-refractivity contribution in [3.63, 3.8) is 0 Å². The number of thiazole rings is 1. The van der Waals surface area contributed by atoms with Gasteiger partial charge in [-0.25, -0.2) is 9.78 Å². The Hall–Kier alpha value is -3.97. The molecule has 31 heavy (non-hydrogen) atoms. The molecule has 6 nitrogen and oxygen atoms in total. The van der Waals surface area contributed by atoms with Gasteiger partial charge in [-0.2, -0.15) is 0 Å². The quantitative estimate of drug-likeness (QED) is 0.412. The highest BCUT2D eigenvalue weighted by molar-refractivity contribution is 7.14. The molecule has 5 rings (SSSR count). The number of carbonyl (C=O) groups is 1. The molecule has 1 amide bonds. The van der Waals surface area contributed by atoms with E-state index >= 15 is 0 Å². The molecule has 0 saturated carbocycles. The zero-order valence-corrected chi connectivity index (χ0v) is 17.1. The van der Waals surface area contributed by atoms with Crippen LogP contribution in [0.1, 0.15) is 17.0 Å². The van der Waals surface area contributed by atoms with Crippen molar-refractivity contribution in [2.45, 2.75) is 5.92 Å². The molecule has 152 valence electrons. The second-order valence-corrected chi connectivity index (χ2v) is 7.87. The number of aromatic nitrogens is 2. The Kier molecular flexibility index (Phi) is 4.93. The van der Waals surface area contributed by atoms with Gasteiger partial charge in [0.1, 0.15) is 0 Å². The van der Waals surface area contributed by atoms with Gasteiger partial charge in [-0.1, -0.05) is 66.7 Å². The van der Waals surface area contributed by atoms with Crippen LogP contribution in [0.3, 0.4) is 0 Å². The number of rotatable bonds is 5. The van der Waals surface area contributed by atoms with Crippen LogP contribution in [-0.2, 0) is 4.79 Å². The fourth-order valence-corrected chi connectivity index (χ4v) is 4.25. The van der Waals surface area contributed by atoms with E-state index in [0.29, 0.717) is 21.9 Å². The van der Waals surface area contributed by atoms with Gasteiger partial charge >= 0.3 is 5.76 Å². The molecular formula is C24H17N3O3S. The third kappa shape index (κ3) is 3.91. The third-order valence-electron chi connectivity index (χ3n) is 4.98. The fourth-order valence-electron chi connectivity index (χ4n) is 3.53. The van der Waals surface area contributed by atoms with Crippen LogP contribution in [0.4, 0.5) is 5.13 Å². The molecule has 2 N–H and O–H groups in total. The number of anilines is 1. The number of benzene rings is 3. The van der Waals surface area contributed by atoms with Crippen LogP contribution >= 0.6 is 11.3 Å². The largest absolute Gasteiger partial charge is 0.417 e. The highest BCUT2D eigenvalue weighted by atomic mass is 32.1. The Balaban J connectivity index is 1.42. The molecule has 0 aliphatic carbocycles. The first-order chi connectivity index (χ1) is 15.2. The summed E-state index contributed by atoms with van der Waals surface area (Å²) in [5.41, 5.74) is 4.42. The van der Waals surface area contributed by atoms with Gasteiger partial charge in [0, 0.05) is 10.9 Å². The summed E-state index contributed by atoms with van der Waals surface area (Å²) in [5.74, 6) is -1.09.